The van der Waals surface area contributed by atoms with Crippen LogP contribution in [0.2, 0.25) is 0 Å². The lowest BCUT2D eigenvalue weighted by Crippen LogP contribution is -2.22. The number of nitrogens with zero attached hydrogens (tertiary/aromatic N) is 4. The van der Waals surface area contributed by atoms with Crippen LogP contribution in [0.4, 0.5) is 0 Å². The summed E-state index contributed by atoms with van der Waals surface area (Å²) in [5.74, 6) is 0. The van der Waals surface area contributed by atoms with Gasteiger partial charge in [0.2, 0.25) is 0 Å². The summed E-state index contributed by atoms with van der Waals surface area (Å²) in [5.41, 5.74) is 8.64. The summed E-state index contributed by atoms with van der Waals surface area (Å²) >= 11 is 0. The molecule has 6 nitrogen and oxygen atoms in total. The Hall–Kier alpha value is -2.47. The molecule has 3 aromatic rings. The van der Waals surface area contributed by atoms with Crippen molar-refractivity contribution in [3.05, 3.63) is 52.6 Å². The predicted octanol–water partition coefficient (Wildman–Crippen LogP) is 1.08. The highest BCUT2D eigenvalue weighted by atomic mass is 16.1. The predicted molar refractivity (Wildman–Crippen MR) is 81.1 cm³/mol. The second-order valence-electron chi connectivity index (χ2n) is 4.77. The maximum atomic E-state index is 12.2. The Balaban J connectivity index is 2.25. The van der Waals surface area contributed by atoms with Crippen LogP contribution in [0.3, 0.4) is 0 Å². The van der Waals surface area contributed by atoms with Gasteiger partial charge in [0.15, 0.2) is 0 Å². The van der Waals surface area contributed by atoms with Gasteiger partial charge >= 0.3 is 0 Å². The van der Waals surface area contributed by atoms with Crippen LogP contribution in [0.25, 0.3) is 17.0 Å². The van der Waals surface area contributed by atoms with E-state index < -0.39 is 0 Å². The molecular formula is C15H17N5O. The van der Waals surface area contributed by atoms with Crippen LogP contribution >= 0.6 is 0 Å². The van der Waals surface area contributed by atoms with Crippen LogP contribution < -0.4 is 11.3 Å². The van der Waals surface area contributed by atoms with Crippen molar-refractivity contribution in [2.24, 2.45) is 5.73 Å². The van der Waals surface area contributed by atoms with E-state index in [2.05, 4.69) is 14.6 Å². The molecule has 108 valence electrons. The van der Waals surface area contributed by atoms with Gasteiger partial charge in [0.25, 0.3) is 5.56 Å². The molecule has 0 aliphatic heterocycles. The van der Waals surface area contributed by atoms with Gasteiger partial charge in [0.1, 0.15) is 11.3 Å². The standard InChI is InChI=1S/C15H17N5O/c1-2-19-11(6-7-16)9-15(21)20-14(19)10-13(18-20)12-5-3-4-8-17-12/h3-5,8-10H,2,6-7,16H2,1H3. The van der Waals surface area contributed by atoms with Crippen LogP contribution in [-0.2, 0) is 13.0 Å². The van der Waals surface area contributed by atoms with Crippen molar-refractivity contribution >= 4 is 5.65 Å². The van der Waals surface area contributed by atoms with Crippen LogP contribution in [0.1, 0.15) is 12.6 Å². The Morgan fingerprint density at radius 3 is 2.76 bits per heavy atom. The van der Waals surface area contributed by atoms with E-state index in [0.29, 0.717) is 18.7 Å². The zero-order valence-corrected chi connectivity index (χ0v) is 11.9. The minimum atomic E-state index is -0.139. The molecule has 0 aromatic carbocycles. The topological polar surface area (TPSA) is 78.2 Å². The van der Waals surface area contributed by atoms with Crippen LogP contribution in [-0.4, -0.2) is 25.7 Å². The third-order valence-electron chi connectivity index (χ3n) is 3.46. The number of hydrogen-bond donors (Lipinski definition) is 1. The number of rotatable bonds is 4. The normalized spacial score (nSPS) is 11.1. The summed E-state index contributed by atoms with van der Waals surface area (Å²) in [6.07, 6.45) is 2.38. The van der Waals surface area contributed by atoms with E-state index >= 15 is 0 Å². The van der Waals surface area contributed by atoms with Gasteiger partial charge < -0.3 is 10.3 Å². The zero-order chi connectivity index (χ0) is 14.8. The molecule has 3 rings (SSSR count). The van der Waals surface area contributed by atoms with Crippen molar-refractivity contribution in [3.8, 4) is 11.4 Å². The van der Waals surface area contributed by atoms with Crippen molar-refractivity contribution in [2.45, 2.75) is 19.9 Å². The van der Waals surface area contributed by atoms with Crippen LogP contribution in [0.5, 0.6) is 0 Å². The highest BCUT2D eigenvalue weighted by molar-refractivity contribution is 5.60. The van der Waals surface area contributed by atoms with E-state index in [9.17, 15) is 4.79 Å². The maximum Gasteiger partial charge on any atom is 0.274 e. The van der Waals surface area contributed by atoms with Crippen molar-refractivity contribution in [1.82, 2.24) is 19.2 Å². The first-order valence-corrected chi connectivity index (χ1v) is 6.98. The monoisotopic (exact) mass is 283 g/mol. The van der Waals surface area contributed by atoms with Crippen molar-refractivity contribution in [3.63, 3.8) is 0 Å². The molecule has 3 heterocycles. The molecule has 0 amide bonds. The Kier molecular flexibility index (Phi) is 3.53. The van der Waals surface area contributed by atoms with Gasteiger partial charge in [0, 0.05) is 37.0 Å². The van der Waals surface area contributed by atoms with E-state index in [4.69, 9.17) is 5.73 Å². The fraction of sp³-hybridized carbons (Fsp3) is 0.267. The molecule has 0 radical (unpaired) electrons. The minimum absolute atomic E-state index is 0.139. The Morgan fingerprint density at radius 1 is 1.24 bits per heavy atom. The summed E-state index contributed by atoms with van der Waals surface area (Å²) in [7, 11) is 0. The fourth-order valence-electron chi connectivity index (χ4n) is 2.51. The first-order valence-electron chi connectivity index (χ1n) is 6.98. The van der Waals surface area contributed by atoms with Crippen molar-refractivity contribution in [1.29, 1.82) is 0 Å². The van der Waals surface area contributed by atoms with Gasteiger partial charge in [0.05, 0.1) is 5.69 Å². The number of aryl methyl sites for hydroxylation is 1. The van der Waals surface area contributed by atoms with E-state index in [1.807, 2.05) is 31.2 Å². The van der Waals surface area contributed by atoms with Gasteiger partial charge in [-0.05, 0) is 25.6 Å². The van der Waals surface area contributed by atoms with Gasteiger partial charge in [-0.25, -0.2) is 0 Å². The quantitative estimate of drug-likeness (QED) is 0.777. The molecule has 2 N–H and O–H groups in total. The Morgan fingerprint density at radius 2 is 2.10 bits per heavy atom. The molecule has 0 bridgehead atoms. The van der Waals surface area contributed by atoms with Gasteiger partial charge in [-0.2, -0.15) is 9.61 Å². The third kappa shape index (κ3) is 2.34. The molecule has 0 aliphatic carbocycles. The first kappa shape index (κ1) is 13.5. The summed E-state index contributed by atoms with van der Waals surface area (Å²) < 4.78 is 3.49. The van der Waals surface area contributed by atoms with E-state index in [-0.39, 0.29) is 5.56 Å². The lowest BCUT2D eigenvalue weighted by atomic mass is 10.2. The highest BCUT2D eigenvalue weighted by Gasteiger charge is 2.12. The molecule has 0 unspecified atom stereocenters. The Bertz CT molecular complexity index is 819. The van der Waals surface area contributed by atoms with E-state index in [0.717, 1.165) is 23.6 Å². The summed E-state index contributed by atoms with van der Waals surface area (Å²) in [4.78, 5) is 16.5. The van der Waals surface area contributed by atoms with Crippen molar-refractivity contribution in [2.75, 3.05) is 6.54 Å². The molecule has 6 heteroatoms. The average Bonchev–Trinajstić information content (AvgIpc) is 2.94. The first-order chi connectivity index (χ1) is 10.2. The molecular weight excluding hydrogens is 266 g/mol. The number of fused-ring (bicyclic) bond motifs is 1. The lowest BCUT2D eigenvalue weighted by molar-refractivity contribution is 0.685. The molecule has 0 saturated heterocycles. The zero-order valence-electron chi connectivity index (χ0n) is 11.9. The van der Waals surface area contributed by atoms with E-state index in [1.165, 1.54) is 4.52 Å². The number of aromatic nitrogens is 4. The van der Waals surface area contributed by atoms with Crippen LogP contribution in [0, 0.1) is 0 Å². The molecule has 0 fully saturated rings. The van der Waals surface area contributed by atoms with Crippen LogP contribution in [0.15, 0.2) is 41.3 Å². The third-order valence-corrected chi connectivity index (χ3v) is 3.46. The molecule has 0 aliphatic rings. The molecule has 0 saturated carbocycles. The fourth-order valence-corrected chi connectivity index (χ4v) is 2.51. The van der Waals surface area contributed by atoms with Gasteiger partial charge in [-0.1, -0.05) is 6.07 Å². The van der Waals surface area contributed by atoms with E-state index in [1.54, 1.807) is 12.3 Å². The lowest BCUT2D eigenvalue weighted by Gasteiger charge is -2.11. The molecule has 3 aromatic heterocycles. The molecule has 21 heavy (non-hydrogen) atoms. The van der Waals surface area contributed by atoms with Gasteiger partial charge in [-0.3, -0.25) is 9.78 Å². The number of pyridine rings is 1. The molecule has 0 spiro atoms. The summed E-state index contributed by atoms with van der Waals surface area (Å²) in [6.45, 7) is 3.31. The largest absolute Gasteiger partial charge is 0.330 e. The average molecular weight is 283 g/mol. The smallest absolute Gasteiger partial charge is 0.274 e. The molecule has 0 atom stereocenters. The summed E-state index contributed by atoms with van der Waals surface area (Å²) in [6, 6.07) is 9.14. The van der Waals surface area contributed by atoms with Gasteiger partial charge in [-0.15, -0.1) is 0 Å². The van der Waals surface area contributed by atoms with Crippen molar-refractivity contribution < 1.29 is 0 Å². The highest BCUT2D eigenvalue weighted by Crippen LogP contribution is 2.17. The summed E-state index contributed by atoms with van der Waals surface area (Å²) in [5, 5.41) is 4.38. The number of hydrogen-bond acceptors (Lipinski definition) is 4. The number of nitrogens with two attached hydrogens (primary N) is 1. The SMILES string of the molecule is CCn1c(CCN)cc(=O)n2nc(-c3ccccn3)cc12. The second-order valence-corrected chi connectivity index (χ2v) is 4.77. The minimum Gasteiger partial charge on any atom is -0.330 e. The second kappa shape index (κ2) is 5.49. The Labute approximate surface area is 121 Å². The maximum absolute atomic E-state index is 12.2.